The number of hydrogen-bond donors (Lipinski definition) is 0. The maximum Gasteiger partial charge on any atom is 0.308 e. The smallest absolute Gasteiger partial charge is 0.308 e. The fraction of sp³-hybridized carbons (Fsp3) is 0.700. The van der Waals surface area contributed by atoms with Gasteiger partial charge in [0.1, 0.15) is 0 Å². The van der Waals surface area contributed by atoms with E-state index in [0.29, 0.717) is 0 Å². The maximum atomic E-state index is 10.9. The molecule has 0 radical (unpaired) electrons. The third-order valence-corrected chi connectivity index (χ3v) is 1.85. The van der Waals surface area contributed by atoms with E-state index in [2.05, 4.69) is 10.8 Å². The van der Waals surface area contributed by atoms with Crippen molar-refractivity contribution in [1.82, 2.24) is 0 Å². The lowest BCUT2D eigenvalue weighted by Gasteiger charge is -2.06. The molecular formula is C10H18O2. The molecule has 0 aliphatic rings. The molecule has 1 unspecified atom stereocenters. The standard InChI is InChI=1S/C10H18O2/c1-4-5-6-7-8-9(2)10(11)12-3/h4-5,9H,6-8H2,1-3H3. The average Bonchev–Trinajstić information content (AvgIpc) is 2.10. The Hall–Kier alpha value is -0.790. The van der Waals surface area contributed by atoms with Crippen LogP contribution in [0.4, 0.5) is 0 Å². The molecule has 1 atom stereocenters. The molecule has 0 aromatic rings. The van der Waals surface area contributed by atoms with E-state index in [-0.39, 0.29) is 11.9 Å². The molecule has 0 rings (SSSR count). The lowest BCUT2D eigenvalue weighted by molar-refractivity contribution is -0.145. The topological polar surface area (TPSA) is 26.3 Å². The van der Waals surface area contributed by atoms with Gasteiger partial charge in [-0.25, -0.2) is 0 Å². The summed E-state index contributed by atoms with van der Waals surface area (Å²) in [6.45, 7) is 3.91. The summed E-state index contributed by atoms with van der Waals surface area (Å²) in [7, 11) is 1.44. The fourth-order valence-electron chi connectivity index (χ4n) is 1.03. The molecule has 0 saturated heterocycles. The minimum absolute atomic E-state index is 0.0419. The predicted molar refractivity (Wildman–Crippen MR) is 49.8 cm³/mol. The molecule has 0 fully saturated rings. The second-order valence-corrected chi connectivity index (χ2v) is 2.92. The van der Waals surface area contributed by atoms with Crippen LogP contribution < -0.4 is 0 Å². The Balaban J connectivity index is 3.43. The summed E-state index contributed by atoms with van der Waals surface area (Å²) in [5, 5.41) is 0. The Morgan fingerprint density at radius 2 is 2.25 bits per heavy atom. The van der Waals surface area contributed by atoms with Gasteiger partial charge in [-0.15, -0.1) is 0 Å². The molecule has 0 amide bonds. The highest BCUT2D eigenvalue weighted by molar-refractivity contribution is 5.71. The summed E-state index contributed by atoms with van der Waals surface area (Å²) in [5.41, 5.74) is 0. The molecule has 0 aromatic carbocycles. The van der Waals surface area contributed by atoms with E-state index < -0.39 is 0 Å². The van der Waals surface area contributed by atoms with E-state index in [1.165, 1.54) is 7.11 Å². The molecular weight excluding hydrogens is 152 g/mol. The SMILES string of the molecule is CC=CCCCC(C)C(=O)OC. The van der Waals surface area contributed by atoms with Gasteiger partial charge in [0.05, 0.1) is 13.0 Å². The highest BCUT2D eigenvalue weighted by Gasteiger charge is 2.11. The van der Waals surface area contributed by atoms with Gasteiger partial charge in [0.15, 0.2) is 0 Å². The summed E-state index contributed by atoms with van der Waals surface area (Å²) in [6, 6.07) is 0. The number of hydrogen-bond acceptors (Lipinski definition) is 2. The third kappa shape index (κ3) is 4.94. The van der Waals surface area contributed by atoms with Crippen LogP contribution in [0, 0.1) is 5.92 Å². The average molecular weight is 170 g/mol. The van der Waals surface area contributed by atoms with Crippen LogP contribution in [0.25, 0.3) is 0 Å². The molecule has 2 nitrogen and oxygen atoms in total. The Morgan fingerprint density at radius 3 is 2.75 bits per heavy atom. The van der Waals surface area contributed by atoms with E-state index in [0.717, 1.165) is 19.3 Å². The molecule has 0 N–H and O–H groups in total. The Bertz CT molecular complexity index is 150. The van der Waals surface area contributed by atoms with Crippen molar-refractivity contribution in [3.63, 3.8) is 0 Å². The number of carbonyl (C=O) groups is 1. The van der Waals surface area contributed by atoms with Crippen molar-refractivity contribution in [2.45, 2.75) is 33.1 Å². The number of ether oxygens (including phenoxy) is 1. The van der Waals surface area contributed by atoms with Crippen LogP contribution in [0.1, 0.15) is 33.1 Å². The van der Waals surface area contributed by atoms with Crippen LogP contribution in [0.5, 0.6) is 0 Å². The van der Waals surface area contributed by atoms with Crippen molar-refractivity contribution >= 4 is 5.97 Å². The Morgan fingerprint density at radius 1 is 1.58 bits per heavy atom. The normalized spacial score (nSPS) is 13.2. The van der Waals surface area contributed by atoms with Crippen LogP contribution in [-0.2, 0) is 9.53 Å². The minimum Gasteiger partial charge on any atom is -0.469 e. The minimum atomic E-state index is -0.101. The monoisotopic (exact) mass is 170 g/mol. The number of rotatable bonds is 5. The molecule has 0 aliphatic heterocycles. The number of esters is 1. The molecule has 0 aromatic heterocycles. The number of allylic oxidation sites excluding steroid dienone is 2. The van der Waals surface area contributed by atoms with Gasteiger partial charge >= 0.3 is 5.97 Å². The van der Waals surface area contributed by atoms with Crippen molar-refractivity contribution in [3.8, 4) is 0 Å². The van der Waals surface area contributed by atoms with E-state index in [1.807, 2.05) is 19.9 Å². The summed E-state index contributed by atoms with van der Waals surface area (Å²) >= 11 is 0. The van der Waals surface area contributed by atoms with Crippen molar-refractivity contribution in [2.75, 3.05) is 7.11 Å². The highest BCUT2D eigenvalue weighted by atomic mass is 16.5. The van der Waals surface area contributed by atoms with Gasteiger partial charge in [-0.3, -0.25) is 4.79 Å². The van der Waals surface area contributed by atoms with Crippen LogP contribution in [-0.4, -0.2) is 13.1 Å². The van der Waals surface area contributed by atoms with Crippen molar-refractivity contribution in [3.05, 3.63) is 12.2 Å². The number of unbranched alkanes of at least 4 members (excludes halogenated alkanes) is 1. The molecule has 0 heterocycles. The van der Waals surface area contributed by atoms with Gasteiger partial charge in [0.2, 0.25) is 0 Å². The van der Waals surface area contributed by atoms with Crippen LogP contribution >= 0.6 is 0 Å². The molecule has 0 saturated carbocycles. The summed E-state index contributed by atoms with van der Waals surface area (Å²) in [5.74, 6) is -0.0595. The molecule has 0 aliphatic carbocycles. The lowest BCUT2D eigenvalue weighted by atomic mass is 10.0. The molecule has 0 spiro atoms. The summed E-state index contributed by atoms with van der Waals surface area (Å²) < 4.78 is 4.61. The van der Waals surface area contributed by atoms with E-state index in [1.54, 1.807) is 0 Å². The fourth-order valence-corrected chi connectivity index (χ4v) is 1.03. The first-order chi connectivity index (χ1) is 5.72. The number of methoxy groups -OCH3 is 1. The summed E-state index contributed by atoms with van der Waals surface area (Å²) in [4.78, 5) is 10.9. The van der Waals surface area contributed by atoms with Crippen LogP contribution in [0.3, 0.4) is 0 Å². The van der Waals surface area contributed by atoms with E-state index in [4.69, 9.17) is 0 Å². The van der Waals surface area contributed by atoms with Crippen molar-refractivity contribution in [2.24, 2.45) is 5.92 Å². The Kier molecular flexibility index (Phi) is 6.44. The van der Waals surface area contributed by atoms with Gasteiger partial charge in [-0.1, -0.05) is 19.1 Å². The van der Waals surface area contributed by atoms with E-state index >= 15 is 0 Å². The van der Waals surface area contributed by atoms with Crippen LogP contribution in [0.15, 0.2) is 12.2 Å². The number of carbonyl (C=O) groups excluding carboxylic acids is 1. The first-order valence-corrected chi connectivity index (χ1v) is 4.41. The van der Waals surface area contributed by atoms with Gasteiger partial charge in [-0.2, -0.15) is 0 Å². The first-order valence-electron chi connectivity index (χ1n) is 4.41. The van der Waals surface area contributed by atoms with Gasteiger partial charge in [-0.05, 0) is 26.2 Å². The Labute approximate surface area is 74.6 Å². The molecule has 2 heteroatoms. The van der Waals surface area contributed by atoms with Gasteiger partial charge in [0.25, 0.3) is 0 Å². The molecule has 0 bridgehead atoms. The van der Waals surface area contributed by atoms with Crippen molar-refractivity contribution < 1.29 is 9.53 Å². The maximum absolute atomic E-state index is 10.9. The van der Waals surface area contributed by atoms with E-state index in [9.17, 15) is 4.79 Å². The van der Waals surface area contributed by atoms with Gasteiger partial charge in [0, 0.05) is 0 Å². The zero-order valence-corrected chi connectivity index (χ0v) is 8.17. The second-order valence-electron chi connectivity index (χ2n) is 2.92. The second kappa shape index (κ2) is 6.89. The first kappa shape index (κ1) is 11.2. The van der Waals surface area contributed by atoms with Crippen molar-refractivity contribution in [1.29, 1.82) is 0 Å². The summed E-state index contributed by atoms with van der Waals surface area (Å²) in [6.07, 6.45) is 7.17. The largest absolute Gasteiger partial charge is 0.469 e. The third-order valence-electron chi connectivity index (χ3n) is 1.85. The molecule has 12 heavy (non-hydrogen) atoms. The lowest BCUT2D eigenvalue weighted by Crippen LogP contribution is -2.12. The zero-order valence-electron chi connectivity index (χ0n) is 8.17. The zero-order chi connectivity index (χ0) is 9.40. The highest BCUT2D eigenvalue weighted by Crippen LogP contribution is 2.09. The quantitative estimate of drug-likeness (QED) is 0.360. The van der Waals surface area contributed by atoms with Crippen LogP contribution in [0.2, 0.25) is 0 Å². The van der Waals surface area contributed by atoms with Gasteiger partial charge < -0.3 is 4.74 Å². The molecule has 70 valence electrons. The predicted octanol–water partition coefficient (Wildman–Crippen LogP) is 2.54.